The Morgan fingerprint density at radius 1 is 1.53 bits per heavy atom. The first-order valence-corrected chi connectivity index (χ1v) is 5.03. The van der Waals surface area contributed by atoms with Crippen LogP contribution < -0.4 is 10.5 Å². The first-order chi connectivity index (χ1) is 6.85. The van der Waals surface area contributed by atoms with E-state index >= 15 is 0 Å². The van der Waals surface area contributed by atoms with Crippen LogP contribution in [0.15, 0.2) is 6.20 Å². The number of alkyl halides is 3. The fourth-order valence-electron chi connectivity index (χ4n) is 1.03. The van der Waals surface area contributed by atoms with Crippen LogP contribution in [0.5, 0.6) is 5.75 Å². The lowest BCUT2D eigenvalue weighted by atomic mass is 10.2. The number of pyridine rings is 1. The molecule has 0 aliphatic rings. The zero-order valence-corrected chi connectivity index (χ0v) is 9.89. The predicted octanol–water partition coefficient (Wildman–Crippen LogP) is 2.35. The second kappa shape index (κ2) is 4.52. The van der Waals surface area contributed by atoms with E-state index < -0.39 is 6.36 Å². The van der Waals surface area contributed by atoms with Gasteiger partial charge in [0, 0.05) is 17.8 Å². The lowest BCUT2D eigenvalue weighted by molar-refractivity contribution is -0.275. The molecule has 0 atom stereocenters. The van der Waals surface area contributed by atoms with Gasteiger partial charge in [0.15, 0.2) is 5.75 Å². The number of ether oxygens (including phenoxy) is 1. The summed E-state index contributed by atoms with van der Waals surface area (Å²) in [5.74, 6) is -0.311. The number of halogens is 4. The van der Waals surface area contributed by atoms with Crippen LogP contribution in [-0.4, -0.2) is 11.3 Å². The second-order valence-corrected chi connectivity index (χ2v) is 3.83. The highest BCUT2D eigenvalue weighted by Gasteiger charge is 2.32. The number of nitrogens with zero attached hydrogens (tertiary/aromatic N) is 1. The van der Waals surface area contributed by atoms with Crippen LogP contribution in [0.3, 0.4) is 0 Å². The third kappa shape index (κ3) is 3.20. The van der Waals surface area contributed by atoms with E-state index in [-0.39, 0.29) is 12.3 Å². The van der Waals surface area contributed by atoms with Crippen molar-refractivity contribution in [2.45, 2.75) is 19.8 Å². The van der Waals surface area contributed by atoms with Crippen molar-refractivity contribution in [3.8, 4) is 5.75 Å². The molecule has 1 heterocycles. The van der Waals surface area contributed by atoms with Crippen molar-refractivity contribution in [2.24, 2.45) is 5.73 Å². The topological polar surface area (TPSA) is 48.1 Å². The summed E-state index contributed by atoms with van der Waals surface area (Å²) in [6.07, 6.45) is -3.66. The van der Waals surface area contributed by atoms with Crippen LogP contribution in [0.1, 0.15) is 11.3 Å². The number of hydrogen-bond donors (Lipinski definition) is 1. The van der Waals surface area contributed by atoms with Crippen molar-refractivity contribution in [1.29, 1.82) is 0 Å². The minimum atomic E-state index is -4.71. The molecule has 1 aromatic rings. The smallest absolute Gasteiger partial charge is 0.403 e. The third-order valence-corrected chi connectivity index (χ3v) is 2.91. The van der Waals surface area contributed by atoms with Crippen molar-refractivity contribution in [2.75, 3.05) is 0 Å². The number of aromatic nitrogens is 1. The summed E-state index contributed by atoms with van der Waals surface area (Å²) in [5.41, 5.74) is 6.58. The molecule has 0 amide bonds. The summed E-state index contributed by atoms with van der Waals surface area (Å²) >= 11 is 1.76. The largest absolute Gasteiger partial charge is 0.573 e. The Labute approximate surface area is 98.0 Å². The summed E-state index contributed by atoms with van der Waals surface area (Å²) in [5, 5.41) is 0. The standard InChI is InChI=1S/C8H8F3IN2O/c1-4-5(2-13)7(12)6(3-14-4)15-8(9,10)11/h3H,2,13H2,1H3. The maximum atomic E-state index is 12.0. The summed E-state index contributed by atoms with van der Waals surface area (Å²) in [4.78, 5) is 3.79. The van der Waals surface area contributed by atoms with E-state index in [9.17, 15) is 13.2 Å². The van der Waals surface area contributed by atoms with Crippen LogP contribution in [0.2, 0.25) is 0 Å². The first-order valence-electron chi connectivity index (χ1n) is 3.95. The monoisotopic (exact) mass is 332 g/mol. The number of hydrogen-bond acceptors (Lipinski definition) is 3. The maximum absolute atomic E-state index is 12.0. The molecule has 15 heavy (non-hydrogen) atoms. The normalized spacial score (nSPS) is 11.6. The van der Waals surface area contributed by atoms with Gasteiger partial charge in [-0.3, -0.25) is 4.98 Å². The van der Waals surface area contributed by atoms with Crippen LogP contribution in [0.25, 0.3) is 0 Å². The Balaban J connectivity index is 3.11. The molecule has 0 radical (unpaired) electrons. The fourth-order valence-corrected chi connectivity index (χ4v) is 1.89. The van der Waals surface area contributed by atoms with E-state index in [2.05, 4.69) is 9.72 Å². The summed E-state index contributed by atoms with van der Waals surface area (Å²) in [6, 6.07) is 0. The van der Waals surface area contributed by atoms with Gasteiger partial charge in [-0.25, -0.2) is 0 Å². The highest BCUT2D eigenvalue weighted by atomic mass is 127. The van der Waals surface area contributed by atoms with Crippen molar-refractivity contribution in [3.63, 3.8) is 0 Å². The van der Waals surface area contributed by atoms with E-state index in [1.54, 1.807) is 29.5 Å². The molecule has 0 aromatic carbocycles. The van der Waals surface area contributed by atoms with Crippen LogP contribution in [0, 0.1) is 10.5 Å². The van der Waals surface area contributed by atoms with Gasteiger partial charge in [-0.1, -0.05) is 0 Å². The SMILES string of the molecule is Cc1ncc(OC(F)(F)F)c(I)c1CN. The van der Waals surface area contributed by atoms with Gasteiger partial charge in [0.05, 0.1) is 9.77 Å². The molecule has 0 fully saturated rings. The zero-order chi connectivity index (χ0) is 11.6. The molecule has 0 spiro atoms. The van der Waals surface area contributed by atoms with E-state index in [0.717, 1.165) is 6.20 Å². The van der Waals surface area contributed by atoms with Crippen molar-refractivity contribution < 1.29 is 17.9 Å². The van der Waals surface area contributed by atoms with Crippen molar-refractivity contribution in [3.05, 3.63) is 21.0 Å². The number of nitrogens with two attached hydrogens (primary N) is 1. The Hall–Kier alpha value is -0.570. The Morgan fingerprint density at radius 3 is 2.60 bits per heavy atom. The molecule has 7 heteroatoms. The van der Waals surface area contributed by atoms with Crippen molar-refractivity contribution >= 4 is 22.6 Å². The molecule has 0 bridgehead atoms. The molecule has 1 rings (SSSR count). The first kappa shape index (κ1) is 12.5. The highest BCUT2D eigenvalue weighted by Crippen LogP contribution is 2.29. The second-order valence-electron chi connectivity index (χ2n) is 2.75. The highest BCUT2D eigenvalue weighted by molar-refractivity contribution is 14.1. The summed E-state index contributed by atoms with van der Waals surface area (Å²) < 4.78 is 40.1. The maximum Gasteiger partial charge on any atom is 0.573 e. The van der Waals surface area contributed by atoms with Crippen LogP contribution in [-0.2, 0) is 6.54 Å². The summed E-state index contributed by atoms with van der Waals surface area (Å²) in [6.45, 7) is 1.81. The number of aryl methyl sites for hydroxylation is 1. The minimum absolute atomic E-state index is 0.131. The van der Waals surface area contributed by atoms with Gasteiger partial charge in [-0.05, 0) is 29.5 Å². The van der Waals surface area contributed by atoms with Gasteiger partial charge in [0.2, 0.25) is 0 Å². The van der Waals surface area contributed by atoms with Gasteiger partial charge in [0.1, 0.15) is 0 Å². The molecule has 0 unspecified atom stereocenters. The molecular formula is C8H8F3IN2O. The molecule has 3 nitrogen and oxygen atoms in total. The lowest BCUT2D eigenvalue weighted by Crippen LogP contribution is -2.19. The minimum Gasteiger partial charge on any atom is -0.403 e. The number of rotatable bonds is 2. The zero-order valence-electron chi connectivity index (χ0n) is 7.73. The van der Waals surface area contributed by atoms with Crippen molar-refractivity contribution in [1.82, 2.24) is 4.98 Å². The molecule has 1 aromatic heterocycles. The lowest BCUT2D eigenvalue weighted by Gasteiger charge is -2.13. The van der Waals surface area contributed by atoms with Gasteiger partial charge in [0.25, 0.3) is 0 Å². The fraction of sp³-hybridized carbons (Fsp3) is 0.375. The van der Waals surface area contributed by atoms with Gasteiger partial charge in [-0.15, -0.1) is 13.2 Å². The van der Waals surface area contributed by atoms with E-state index in [1.165, 1.54) is 0 Å². The average Bonchev–Trinajstić information content (AvgIpc) is 2.09. The third-order valence-electron chi connectivity index (χ3n) is 1.72. The Kier molecular flexibility index (Phi) is 3.77. The van der Waals surface area contributed by atoms with E-state index in [0.29, 0.717) is 14.8 Å². The van der Waals surface area contributed by atoms with Gasteiger partial charge in [-0.2, -0.15) is 0 Å². The molecule has 0 aliphatic heterocycles. The molecule has 2 N–H and O–H groups in total. The molecular weight excluding hydrogens is 324 g/mol. The Morgan fingerprint density at radius 2 is 2.13 bits per heavy atom. The molecule has 0 saturated carbocycles. The predicted molar refractivity (Wildman–Crippen MR) is 56.3 cm³/mol. The van der Waals surface area contributed by atoms with E-state index in [1.807, 2.05) is 0 Å². The van der Waals surface area contributed by atoms with Crippen LogP contribution >= 0.6 is 22.6 Å². The quantitative estimate of drug-likeness (QED) is 0.846. The average molecular weight is 332 g/mol. The molecule has 0 aliphatic carbocycles. The van der Waals surface area contributed by atoms with Gasteiger partial charge < -0.3 is 10.5 Å². The van der Waals surface area contributed by atoms with Gasteiger partial charge >= 0.3 is 6.36 Å². The molecule has 84 valence electrons. The van der Waals surface area contributed by atoms with Crippen LogP contribution in [0.4, 0.5) is 13.2 Å². The Bertz CT molecular complexity index is 368. The van der Waals surface area contributed by atoms with E-state index in [4.69, 9.17) is 5.73 Å². The summed E-state index contributed by atoms with van der Waals surface area (Å²) in [7, 11) is 0. The molecule has 0 saturated heterocycles.